The van der Waals surface area contributed by atoms with E-state index in [2.05, 4.69) is 15.3 Å². The number of anilines is 2. The maximum atomic E-state index is 9.12. The maximum Gasteiger partial charge on any atom is 0.157 e. The number of aliphatic hydroxyl groups excluding tert-OH is 1. The average Bonchev–Trinajstić information content (AvgIpc) is 2.48. The zero-order chi connectivity index (χ0) is 14.5. The number of halogens is 1. The number of aliphatic hydroxyl groups is 1. The first kappa shape index (κ1) is 14.6. The van der Waals surface area contributed by atoms with Crippen LogP contribution in [0.15, 0.2) is 24.3 Å². The van der Waals surface area contributed by atoms with Gasteiger partial charge in [-0.15, -0.1) is 0 Å². The Hall–Kier alpha value is -1.85. The molecule has 0 aliphatic rings. The predicted octanol–water partition coefficient (Wildman–Crippen LogP) is 2.38. The molecule has 0 bridgehead atoms. The third kappa shape index (κ3) is 3.37. The minimum atomic E-state index is 0.0231. The molecule has 2 rings (SSSR count). The molecule has 0 unspecified atom stereocenters. The van der Waals surface area contributed by atoms with Gasteiger partial charge in [0.15, 0.2) is 11.0 Å². The van der Waals surface area contributed by atoms with E-state index < -0.39 is 0 Å². The van der Waals surface area contributed by atoms with Crippen LogP contribution in [0.25, 0.3) is 0 Å². The lowest BCUT2D eigenvalue weighted by Gasteiger charge is -2.11. The molecule has 0 saturated heterocycles. The largest absolute Gasteiger partial charge is 0.393 e. The van der Waals surface area contributed by atoms with Gasteiger partial charge in [0.05, 0.1) is 6.61 Å². The molecule has 0 atom stereocenters. The molecule has 1 aromatic carbocycles. The van der Waals surface area contributed by atoms with Gasteiger partial charge in [-0.05, 0) is 11.1 Å². The highest BCUT2D eigenvalue weighted by molar-refractivity contribution is 6.32. The highest BCUT2D eigenvalue weighted by atomic mass is 35.5. The van der Waals surface area contributed by atoms with Crippen LogP contribution in [0.4, 0.5) is 11.5 Å². The van der Waals surface area contributed by atoms with E-state index in [1.165, 1.54) is 0 Å². The van der Waals surface area contributed by atoms with Gasteiger partial charge in [0.1, 0.15) is 11.5 Å². The Kier molecular flexibility index (Phi) is 4.76. The van der Waals surface area contributed by atoms with E-state index in [1.54, 1.807) is 0 Å². The molecule has 1 aromatic heterocycles. The number of nitrogen functional groups attached to an aromatic ring is 1. The molecule has 0 radical (unpaired) electrons. The molecular formula is C14H17ClN4O. The van der Waals surface area contributed by atoms with Gasteiger partial charge >= 0.3 is 0 Å². The molecule has 0 saturated carbocycles. The molecule has 0 spiro atoms. The van der Waals surface area contributed by atoms with Crippen molar-refractivity contribution in [2.24, 2.45) is 0 Å². The van der Waals surface area contributed by atoms with Crippen molar-refractivity contribution in [1.29, 1.82) is 0 Å². The molecular weight excluding hydrogens is 276 g/mol. The summed E-state index contributed by atoms with van der Waals surface area (Å²) in [6, 6.07) is 7.66. The summed E-state index contributed by atoms with van der Waals surface area (Å²) in [5.41, 5.74) is 8.12. The number of aromatic nitrogens is 2. The second kappa shape index (κ2) is 6.54. The molecule has 20 heavy (non-hydrogen) atoms. The maximum absolute atomic E-state index is 9.12. The van der Waals surface area contributed by atoms with Gasteiger partial charge in [0.25, 0.3) is 0 Å². The number of hydrogen-bond donors (Lipinski definition) is 3. The van der Waals surface area contributed by atoms with Crippen molar-refractivity contribution in [2.75, 3.05) is 11.1 Å². The molecule has 0 aliphatic heterocycles. The predicted molar refractivity (Wildman–Crippen MR) is 80.5 cm³/mol. The van der Waals surface area contributed by atoms with Crippen LogP contribution in [0.1, 0.15) is 23.9 Å². The van der Waals surface area contributed by atoms with Gasteiger partial charge in [-0.1, -0.05) is 42.8 Å². The summed E-state index contributed by atoms with van der Waals surface area (Å²) in [5, 5.41) is 12.5. The Bertz CT molecular complexity index is 604. The SMILES string of the molecule is CCc1nc(Cl)c(N)c(NCc2cccc(CO)c2)n1. The lowest BCUT2D eigenvalue weighted by Crippen LogP contribution is -2.08. The second-order valence-electron chi connectivity index (χ2n) is 4.38. The lowest BCUT2D eigenvalue weighted by atomic mass is 10.1. The first-order valence-corrected chi connectivity index (χ1v) is 6.76. The highest BCUT2D eigenvalue weighted by Gasteiger charge is 2.09. The second-order valence-corrected chi connectivity index (χ2v) is 4.74. The summed E-state index contributed by atoms with van der Waals surface area (Å²) in [6.45, 7) is 2.53. The van der Waals surface area contributed by atoms with Crippen molar-refractivity contribution in [1.82, 2.24) is 9.97 Å². The number of benzene rings is 1. The van der Waals surface area contributed by atoms with Gasteiger partial charge in [-0.25, -0.2) is 9.97 Å². The summed E-state index contributed by atoms with van der Waals surface area (Å²) in [5.74, 6) is 1.19. The minimum absolute atomic E-state index is 0.0231. The van der Waals surface area contributed by atoms with Crippen LogP contribution >= 0.6 is 11.6 Å². The summed E-state index contributed by atoms with van der Waals surface area (Å²) < 4.78 is 0. The van der Waals surface area contributed by atoms with Gasteiger partial charge in [0, 0.05) is 13.0 Å². The van der Waals surface area contributed by atoms with Crippen molar-refractivity contribution in [3.8, 4) is 0 Å². The Morgan fingerprint density at radius 3 is 2.75 bits per heavy atom. The minimum Gasteiger partial charge on any atom is -0.393 e. The number of rotatable bonds is 5. The molecule has 1 heterocycles. The summed E-state index contributed by atoms with van der Waals surface area (Å²) in [6.07, 6.45) is 0.689. The summed E-state index contributed by atoms with van der Waals surface area (Å²) in [7, 11) is 0. The van der Waals surface area contributed by atoms with E-state index in [-0.39, 0.29) is 11.8 Å². The third-order valence-electron chi connectivity index (χ3n) is 2.90. The molecule has 0 amide bonds. The van der Waals surface area contributed by atoms with Crippen LogP contribution in [0, 0.1) is 0 Å². The standard InChI is InChI=1S/C14H17ClN4O/c1-2-11-18-13(15)12(16)14(19-11)17-7-9-4-3-5-10(6-9)8-20/h3-6,20H,2,7-8,16H2,1H3,(H,17,18,19). The number of hydrogen-bond acceptors (Lipinski definition) is 5. The highest BCUT2D eigenvalue weighted by Crippen LogP contribution is 2.24. The van der Waals surface area contributed by atoms with Crippen molar-refractivity contribution >= 4 is 23.1 Å². The van der Waals surface area contributed by atoms with Gasteiger partial charge in [-0.2, -0.15) is 0 Å². The average molecular weight is 293 g/mol. The first-order valence-electron chi connectivity index (χ1n) is 6.38. The van der Waals surface area contributed by atoms with Crippen molar-refractivity contribution in [3.63, 3.8) is 0 Å². The van der Waals surface area contributed by atoms with Gasteiger partial charge < -0.3 is 16.2 Å². The zero-order valence-corrected chi connectivity index (χ0v) is 12.0. The van der Waals surface area contributed by atoms with Crippen molar-refractivity contribution in [2.45, 2.75) is 26.5 Å². The number of nitrogens with two attached hydrogens (primary N) is 1. The molecule has 5 nitrogen and oxygen atoms in total. The monoisotopic (exact) mass is 292 g/mol. The van der Waals surface area contributed by atoms with Crippen molar-refractivity contribution < 1.29 is 5.11 Å². The Balaban J connectivity index is 2.15. The van der Waals surface area contributed by atoms with E-state index in [4.69, 9.17) is 22.4 Å². The molecule has 0 aliphatic carbocycles. The summed E-state index contributed by atoms with van der Waals surface area (Å²) in [4.78, 5) is 8.42. The van der Waals surface area contributed by atoms with Crippen LogP contribution in [-0.4, -0.2) is 15.1 Å². The van der Waals surface area contributed by atoms with E-state index >= 15 is 0 Å². The zero-order valence-electron chi connectivity index (χ0n) is 11.2. The molecule has 0 fully saturated rings. The Labute approximate surface area is 122 Å². The van der Waals surface area contributed by atoms with Gasteiger partial charge in [-0.3, -0.25) is 0 Å². The molecule has 6 heteroatoms. The quantitative estimate of drug-likeness (QED) is 0.737. The van der Waals surface area contributed by atoms with Crippen LogP contribution in [0.2, 0.25) is 5.15 Å². The van der Waals surface area contributed by atoms with E-state index in [1.807, 2.05) is 31.2 Å². The smallest absolute Gasteiger partial charge is 0.157 e. The molecule has 2 aromatic rings. The van der Waals surface area contributed by atoms with E-state index in [0.717, 1.165) is 11.1 Å². The van der Waals surface area contributed by atoms with Crippen molar-refractivity contribution in [3.05, 3.63) is 46.4 Å². The Morgan fingerprint density at radius 2 is 2.05 bits per heavy atom. The Morgan fingerprint density at radius 1 is 1.30 bits per heavy atom. The number of nitrogens with one attached hydrogen (secondary N) is 1. The summed E-state index contributed by atoms with van der Waals surface area (Å²) >= 11 is 5.98. The fourth-order valence-corrected chi connectivity index (χ4v) is 1.99. The topological polar surface area (TPSA) is 84.1 Å². The third-order valence-corrected chi connectivity index (χ3v) is 3.18. The molecule has 4 N–H and O–H groups in total. The van der Waals surface area contributed by atoms with Crippen LogP contribution in [-0.2, 0) is 19.6 Å². The lowest BCUT2D eigenvalue weighted by molar-refractivity contribution is 0.281. The number of nitrogens with zero attached hydrogens (tertiary/aromatic N) is 2. The normalized spacial score (nSPS) is 10.6. The fourth-order valence-electron chi connectivity index (χ4n) is 1.80. The van der Waals surface area contributed by atoms with Crippen LogP contribution < -0.4 is 11.1 Å². The first-order chi connectivity index (χ1) is 9.63. The van der Waals surface area contributed by atoms with E-state index in [9.17, 15) is 0 Å². The van der Waals surface area contributed by atoms with Crippen LogP contribution in [0.5, 0.6) is 0 Å². The molecule has 106 valence electrons. The fraction of sp³-hybridized carbons (Fsp3) is 0.286. The number of aryl methyl sites for hydroxylation is 1. The van der Waals surface area contributed by atoms with Crippen LogP contribution in [0.3, 0.4) is 0 Å². The van der Waals surface area contributed by atoms with E-state index in [0.29, 0.717) is 30.3 Å². The van der Waals surface area contributed by atoms with Gasteiger partial charge in [0.2, 0.25) is 0 Å².